The third-order valence-corrected chi connectivity index (χ3v) is 4.49. The number of aryl methyl sites for hydroxylation is 1. The SMILES string of the molecule is Cc1cc(F)ccc1-n1ccc(C(=O)N2CCC(C)(C(=O)O)C2)n1. The summed E-state index contributed by atoms with van der Waals surface area (Å²) in [6, 6.07) is 5.92. The first-order valence-corrected chi connectivity index (χ1v) is 7.65. The quantitative estimate of drug-likeness (QED) is 0.936. The highest BCUT2D eigenvalue weighted by molar-refractivity contribution is 5.93. The van der Waals surface area contributed by atoms with E-state index in [2.05, 4.69) is 5.10 Å². The van der Waals surface area contributed by atoms with Gasteiger partial charge in [-0.25, -0.2) is 9.07 Å². The Morgan fingerprint density at radius 3 is 2.71 bits per heavy atom. The summed E-state index contributed by atoms with van der Waals surface area (Å²) >= 11 is 0. The van der Waals surface area contributed by atoms with E-state index in [9.17, 15) is 19.1 Å². The lowest BCUT2D eigenvalue weighted by molar-refractivity contribution is -0.147. The molecule has 1 N–H and O–H groups in total. The molecule has 126 valence electrons. The lowest BCUT2D eigenvalue weighted by Gasteiger charge is -2.19. The summed E-state index contributed by atoms with van der Waals surface area (Å²) in [6.45, 7) is 3.97. The third-order valence-electron chi connectivity index (χ3n) is 4.49. The van der Waals surface area contributed by atoms with Crippen molar-refractivity contribution in [3.8, 4) is 5.69 Å². The van der Waals surface area contributed by atoms with Crippen molar-refractivity contribution in [2.75, 3.05) is 13.1 Å². The molecule has 1 aliphatic heterocycles. The second-order valence-electron chi connectivity index (χ2n) is 6.42. The summed E-state index contributed by atoms with van der Waals surface area (Å²) in [7, 11) is 0. The number of nitrogens with zero attached hydrogens (tertiary/aromatic N) is 3. The number of amides is 1. The summed E-state index contributed by atoms with van der Waals surface area (Å²) in [5.74, 6) is -1.52. The summed E-state index contributed by atoms with van der Waals surface area (Å²) in [5.41, 5.74) is 0.725. The summed E-state index contributed by atoms with van der Waals surface area (Å²) in [6.07, 6.45) is 2.06. The molecule has 0 aliphatic carbocycles. The number of rotatable bonds is 3. The van der Waals surface area contributed by atoms with E-state index in [1.165, 1.54) is 21.7 Å². The Morgan fingerprint density at radius 2 is 2.08 bits per heavy atom. The lowest BCUT2D eigenvalue weighted by atomic mass is 9.90. The van der Waals surface area contributed by atoms with Gasteiger partial charge in [0, 0.05) is 19.3 Å². The van der Waals surface area contributed by atoms with Crippen molar-refractivity contribution >= 4 is 11.9 Å². The fourth-order valence-electron chi connectivity index (χ4n) is 2.92. The molecule has 0 radical (unpaired) electrons. The van der Waals surface area contributed by atoms with E-state index in [1.54, 1.807) is 32.2 Å². The predicted molar refractivity (Wildman–Crippen MR) is 84.5 cm³/mol. The van der Waals surface area contributed by atoms with Crippen molar-refractivity contribution in [3.05, 3.63) is 47.5 Å². The molecule has 3 rings (SSSR count). The molecule has 2 heterocycles. The third kappa shape index (κ3) is 2.77. The van der Waals surface area contributed by atoms with Crippen molar-refractivity contribution in [2.24, 2.45) is 5.41 Å². The number of hydrogen-bond acceptors (Lipinski definition) is 3. The zero-order chi connectivity index (χ0) is 17.5. The summed E-state index contributed by atoms with van der Waals surface area (Å²) in [5, 5.41) is 13.5. The smallest absolute Gasteiger partial charge is 0.311 e. The largest absolute Gasteiger partial charge is 0.481 e. The van der Waals surface area contributed by atoms with Crippen molar-refractivity contribution in [2.45, 2.75) is 20.3 Å². The van der Waals surface area contributed by atoms with E-state index >= 15 is 0 Å². The van der Waals surface area contributed by atoms with Crippen molar-refractivity contribution in [3.63, 3.8) is 0 Å². The Bertz CT molecular complexity index is 817. The van der Waals surface area contributed by atoms with Crippen molar-refractivity contribution in [1.82, 2.24) is 14.7 Å². The highest BCUT2D eigenvalue weighted by Gasteiger charge is 2.42. The number of carboxylic acids is 1. The molecule has 1 aromatic heterocycles. The molecule has 1 unspecified atom stereocenters. The normalized spacial score (nSPS) is 20.4. The zero-order valence-electron chi connectivity index (χ0n) is 13.5. The van der Waals surface area contributed by atoms with Gasteiger partial charge in [-0.1, -0.05) is 0 Å². The van der Waals surface area contributed by atoms with Gasteiger partial charge in [0.05, 0.1) is 11.1 Å². The van der Waals surface area contributed by atoms with Crippen LogP contribution in [0, 0.1) is 18.2 Å². The van der Waals surface area contributed by atoms with Crippen molar-refractivity contribution < 1.29 is 19.1 Å². The first-order chi connectivity index (χ1) is 11.3. The molecule has 1 amide bonds. The van der Waals surface area contributed by atoms with E-state index in [0.717, 1.165) is 0 Å². The molecular weight excluding hydrogens is 313 g/mol. The van der Waals surface area contributed by atoms with Crippen LogP contribution < -0.4 is 0 Å². The number of benzene rings is 1. The molecule has 1 atom stereocenters. The van der Waals surface area contributed by atoms with Crippen LogP contribution in [0.25, 0.3) is 5.69 Å². The van der Waals surface area contributed by atoms with Gasteiger partial charge >= 0.3 is 5.97 Å². The fourth-order valence-corrected chi connectivity index (χ4v) is 2.92. The van der Waals surface area contributed by atoms with Crippen LogP contribution in [-0.4, -0.2) is 44.8 Å². The molecule has 2 aromatic rings. The van der Waals surface area contributed by atoms with Gasteiger partial charge in [0.1, 0.15) is 5.82 Å². The van der Waals surface area contributed by atoms with Gasteiger partial charge in [-0.3, -0.25) is 9.59 Å². The number of aliphatic carboxylic acids is 1. The lowest BCUT2D eigenvalue weighted by Crippen LogP contribution is -2.35. The summed E-state index contributed by atoms with van der Waals surface area (Å²) < 4.78 is 14.7. The van der Waals surface area contributed by atoms with Crippen LogP contribution in [0.5, 0.6) is 0 Å². The number of hydrogen-bond donors (Lipinski definition) is 1. The number of likely N-dealkylation sites (tertiary alicyclic amines) is 1. The van der Waals surface area contributed by atoms with Gasteiger partial charge in [-0.05, 0) is 50.1 Å². The Kier molecular flexibility index (Phi) is 3.87. The number of carboxylic acid groups (broad SMARTS) is 1. The van der Waals surface area contributed by atoms with Gasteiger partial charge in [0.2, 0.25) is 0 Å². The average molecular weight is 331 g/mol. The molecule has 24 heavy (non-hydrogen) atoms. The molecule has 6 nitrogen and oxygen atoms in total. The highest BCUT2D eigenvalue weighted by atomic mass is 19.1. The van der Waals surface area contributed by atoms with E-state index in [-0.39, 0.29) is 24.0 Å². The van der Waals surface area contributed by atoms with Gasteiger partial charge < -0.3 is 10.0 Å². The monoisotopic (exact) mass is 331 g/mol. The summed E-state index contributed by atoms with van der Waals surface area (Å²) in [4.78, 5) is 25.3. The molecule has 0 saturated carbocycles. The first-order valence-electron chi connectivity index (χ1n) is 7.65. The second-order valence-corrected chi connectivity index (χ2v) is 6.42. The number of aromatic nitrogens is 2. The molecular formula is C17H18FN3O3. The maximum atomic E-state index is 13.2. The molecule has 7 heteroatoms. The van der Waals surface area contributed by atoms with Gasteiger partial charge in [0.15, 0.2) is 5.69 Å². The van der Waals surface area contributed by atoms with E-state index < -0.39 is 11.4 Å². The van der Waals surface area contributed by atoms with Gasteiger partial charge in [-0.2, -0.15) is 5.10 Å². The molecule has 1 aromatic carbocycles. The Hall–Kier alpha value is -2.70. The van der Waals surface area contributed by atoms with Gasteiger partial charge in [0.25, 0.3) is 5.91 Å². The minimum absolute atomic E-state index is 0.170. The Balaban J connectivity index is 1.81. The number of carbonyl (C=O) groups excluding carboxylic acids is 1. The van der Waals surface area contributed by atoms with Crippen LogP contribution >= 0.6 is 0 Å². The topological polar surface area (TPSA) is 75.4 Å². The van der Waals surface area contributed by atoms with Crippen LogP contribution in [0.4, 0.5) is 4.39 Å². The molecule has 1 saturated heterocycles. The molecule has 1 fully saturated rings. The van der Waals surface area contributed by atoms with E-state index in [1.807, 2.05) is 0 Å². The van der Waals surface area contributed by atoms with Crippen LogP contribution in [-0.2, 0) is 4.79 Å². The minimum Gasteiger partial charge on any atom is -0.481 e. The molecule has 1 aliphatic rings. The second kappa shape index (κ2) is 5.74. The zero-order valence-corrected chi connectivity index (χ0v) is 13.5. The van der Waals surface area contributed by atoms with E-state index in [0.29, 0.717) is 24.2 Å². The van der Waals surface area contributed by atoms with Crippen LogP contribution in [0.15, 0.2) is 30.5 Å². The molecule has 0 bridgehead atoms. The molecule has 0 spiro atoms. The maximum Gasteiger partial charge on any atom is 0.311 e. The number of carbonyl (C=O) groups is 2. The van der Waals surface area contributed by atoms with Gasteiger partial charge in [-0.15, -0.1) is 0 Å². The van der Waals surface area contributed by atoms with Crippen LogP contribution in [0.2, 0.25) is 0 Å². The van der Waals surface area contributed by atoms with Crippen LogP contribution in [0.1, 0.15) is 29.4 Å². The Morgan fingerprint density at radius 1 is 1.33 bits per heavy atom. The van der Waals surface area contributed by atoms with Crippen LogP contribution in [0.3, 0.4) is 0 Å². The fraction of sp³-hybridized carbons (Fsp3) is 0.353. The average Bonchev–Trinajstić information content (AvgIpc) is 3.14. The first kappa shape index (κ1) is 16.2. The Labute approximate surface area is 138 Å². The van der Waals surface area contributed by atoms with Crippen molar-refractivity contribution in [1.29, 1.82) is 0 Å². The number of halogens is 1. The highest BCUT2D eigenvalue weighted by Crippen LogP contribution is 2.30. The standard InChI is InChI=1S/C17H18FN3O3/c1-11-9-12(18)3-4-14(11)21-7-5-13(19-21)15(22)20-8-6-17(2,10-20)16(23)24/h3-5,7,9H,6,8,10H2,1-2H3,(H,23,24). The predicted octanol–water partition coefficient (Wildman–Crippen LogP) is 2.26. The maximum absolute atomic E-state index is 13.2. The minimum atomic E-state index is -0.911. The van der Waals surface area contributed by atoms with E-state index in [4.69, 9.17) is 0 Å².